The van der Waals surface area contributed by atoms with Gasteiger partial charge < -0.3 is 4.90 Å². The van der Waals surface area contributed by atoms with Crippen molar-refractivity contribution >= 4 is 29.4 Å². The van der Waals surface area contributed by atoms with Crippen molar-refractivity contribution in [2.75, 3.05) is 30.3 Å². The quantitative estimate of drug-likeness (QED) is 0.407. The third-order valence-corrected chi connectivity index (χ3v) is 8.61. The minimum atomic E-state index is -0.674. The van der Waals surface area contributed by atoms with Gasteiger partial charge in [0.1, 0.15) is 24.0 Å². The molecule has 0 unspecified atom stereocenters. The van der Waals surface area contributed by atoms with Crippen molar-refractivity contribution in [3.8, 4) is 5.69 Å². The summed E-state index contributed by atoms with van der Waals surface area (Å²) in [6.45, 7) is 11.3. The van der Waals surface area contributed by atoms with Gasteiger partial charge in [-0.25, -0.2) is 13.5 Å². The van der Waals surface area contributed by atoms with E-state index in [2.05, 4.69) is 0 Å². The maximum absolute atomic E-state index is 15.3. The molecule has 2 aliphatic heterocycles. The topological polar surface area (TPSA) is 58.4 Å². The summed E-state index contributed by atoms with van der Waals surface area (Å²) in [4.78, 5) is 30.5. The molecule has 2 aliphatic rings. The lowest BCUT2D eigenvalue weighted by atomic mass is 9.87. The molecule has 0 N–H and O–H groups in total. The SMILES string of the molecule is Cc1ccc(-n2nc(C(C)(C)C)c3c2N(CC(=O)N2CCCC2)C(=O)CS[C@@H]3c2ccc(F)cc2F)c(C)c1. The second kappa shape index (κ2) is 10.4. The number of halogens is 2. The van der Waals surface area contributed by atoms with Crippen LogP contribution in [-0.2, 0) is 15.0 Å². The van der Waals surface area contributed by atoms with Gasteiger partial charge in [0.15, 0.2) is 0 Å². The average molecular weight is 553 g/mol. The zero-order chi connectivity index (χ0) is 28.1. The molecule has 1 aromatic heterocycles. The number of carbonyl (C=O) groups excluding carboxylic acids is 2. The molecule has 6 nitrogen and oxygen atoms in total. The van der Waals surface area contributed by atoms with Crippen molar-refractivity contribution < 1.29 is 18.4 Å². The molecular formula is C30H34F2N4O2S. The summed E-state index contributed by atoms with van der Waals surface area (Å²) >= 11 is 1.28. The predicted octanol–water partition coefficient (Wildman–Crippen LogP) is 5.86. The number of benzene rings is 2. The summed E-state index contributed by atoms with van der Waals surface area (Å²) in [7, 11) is 0. The fourth-order valence-corrected chi connectivity index (χ4v) is 6.67. The van der Waals surface area contributed by atoms with Crippen molar-refractivity contribution in [1.29, 1.82) is 0 Å². The third-order valence-electron chi connectivity index (χ3n) is 7.38. The average Bonchev–Trinajstić information content (AvgIpc) is 3.50. The molecule has 1 atom stereocenters. The van der Waals surface area contributed by atoms with E-state index in [9.17, 15) is 14.0 Å². The van der Waals surface area contributed by atoms with Crippen LogP contribution in [0.15, 0.2) is 36.4 Å². The largest absolute Gasteiger partial charge is 0.341 e. The van der Waals surface area contributed by atoms with Crippen LogP contribution in [-0.4, -0.2) is 51.9 Å². The lowest BCUT2D eigenvalue weighted by Gasteiger charge is -2.26. The van der Waals surface area contributed by atoms with E-state index in [1.54, 1.807) is 9.58 Å². The number of fused-ring (bicyclic) bond motifs is 1. The van der Waals surface area contributed by atoms with Crippen LogP contribution in [0.25, 0.3) is 5.69 Å². The van der Waals surface area contributed by atoms with E-state index in [0.29, 0.717) is 30.2 Å². The number of nitrogens with zero attached hydrogens (tertiary/aromatic N) is 4. The predicted molar refractivity (Wildman–Crippen MR) is 151 cm³/mol. The van der Waals surface area contributed by atoms with E-state index in [1.807, 2.05) is 52.8 Å². The van der Waals surface area contributed by atoms with Crippen LogP contribution in [0.2, 0.25) is 0 Å². The van der Waals surface area contributed by atoms with Crippen LogP contribution in [0.5, 0.6) is 0 Å². The normalized spacial score (nSPS) is 17.9. The van der Waals surface area contributed by atoms with Gasteiger partial charge in [-0.05, 0) is 44.4 Å². The van der Waals surface area contributed by atoms with E-state index in [1.165, 1.54) is 28.8 Å². The number of amides is 2. The van der Waals surface area contributed by atoms with E-state index < -0.39 is 22.3 Å². The molecule has 39 heavy (non-hydrogen) atoms. The zero-order valence-electron chi connectivity index (χ0n) is 23.1. The first-order valence-electron chi connectivity index (χ1n) is 13.3. The maximum Gasteiger partial charge on any atom is 0.242 e. The summed E-state index contributed by atoms with van der Waals surface area (Å²) in [5.74, 6) is -1.18. The molecular weight excluding hydrogens is 518 g/mol. The molecule has 1 saturated heterocycles. The first kappa shape index (κ1) is 27.4. The van der Waals surface area contributed by atoms with Crippen molar-refractivity contribution in [2.45, 2.75) is 58.1 Å². The number of anilines is 1. The number of thioether (sulfide) groups is 1. The monoisotopic (exact) mass is 552 g/mol. The van der Waals surface area contributed by atoms with Gasteiger partial charge >= 0.3 is 0 Å². The molecule has 0 saturated carbocycles. The van der Waals surface area contributed by atoms with E-state index in [-0.39, 0.29) is 29.7 Å². The van der Waals surface area contributed by atoms with Crippen molar-refractivity contribution in [2.24, 2.45) is 0 Å². The van der Waals surface area contributed by atoms with Crippen LogP contribution >= 0.6 is 11.8 Å². The molecule has 2 amide bonds. The van der Waals surface area contributed by atoms with E-state index >= 15 is 4.39 Å². The van der Waals surface area contributed by atoms with Gasteiger partial charge in [0.2, 0.25) is 11.8 Å². The number of hydrogen-bond donors (Lipinski definition) is 0. The molecule has 1 fully saturated rings. The van der Waals surface area contributed by atoms with Crippen LogP contribution in [0.1, 0.15) is 66.8 Å². The van der Waals surface area contributed by atoms with Gasteiger partial charge in [0.05, 0.1) is 22.4 Å². The number of rotatable bonds is 4. The van der Waals surface area contributed by atoms with Gasteiger partial charge in [-0.2, -0.15) is 5.10 Å². The highest BCUT2D eigenvalue weighted by Gasteiger charge is 2.41. The minimum absolute atomic E-state index is 0.0416. The van der Waals surface area contributed by atoms with Gasteiger partial charge in [-0.1, -0.05) is 44.5 Å². The Morgan fingerprint density at radius 3 is 2.44 bits per heavy atom. The summed E-state index contributed by atoms with van der Waals surface area (Å²) in [5.41, 5.74) is 4.02. The summed E-state index contributed by atoms with van der Waals surface area (Å²) in [5, 5.41) is 4.45. The molecule has 3 aromatic rings. The Morgan fingerprint density at radius 2 is 1.79 bits per heavy atom. The molecule has 0 radical (unpaired) electrons. The molecule has 0 spiro atoms. The Hall–Kier alpha value is -3.20. The van der Waals surface area contributed by atoms with Crippen LogP contribution in [0, 0.1) is 25.5 Å². The van der Waals surface area contributed by atoms with Crippen molar-refractivity contribution in [3.05, 3.63) is 76.0 Å². The maximum atomic E-state index is 15.3. The lowest BCUT2D eigenvalue weighted by Crippen LogP contribution is -2.43. The number of likely N-dealkylation sites (tertiary alicyclic amines) is 1. The summed E-state index contributed by atoms with van der Waals surface area (Å²) in [6.07, 6.45) is 1.89. The highest BCUT2D eigenvalue weighted by Crippen LogP contribution is 2.49. The lowest BCUT2D eigenvalue weighted by molar-refractivity contribution is -0.130. The third kappa shape index (κ3) is 5.21. The zero-order valence-corrected chi connectivity index (χ0v) is 23.9. The standard InChI is InChI=1S/C30H34F2N4O2S/c1-18-8-11-23(19(2)14-18)36-29-26(28(33-36)30(3,4)5)27(21-10-9-20(31)15-22(21)32)39-17-25(38)35(29)16-24(37)34-12-6-7-13-34/h8-11,14-15,27H,6-7,12-13,16-17H2,1-5H3/t27-/m1/s1. The minimum Gasteiger partial charge on any atom is -0.341 e. The molecule has 0 bridgehead atoms. The summed E-state index contributed by atoms with van der Waals surface area (Å²) < 4.78 is 31.0. The Bertz CT molecular complexity index is 1440. The smallest absolute Gasteiger partial charge is 0.242 e. The Kier molecular flexibility index (Phi) is 7.31. The van der Waals surface area contributed by atoms with Crippen molar-refractivity contribution in [3.63, 3.8) is 0 Å². The number of carbonyl (C=O) groups is 2. The Morgan fingerprint density at radius 1 is 1.08 bits per heavy atom. The fourth-order valence-electron chi connectivity index (χ4n) is 5.45. The highest BCUT2D eigenvalue weighted by molar-refractivity contribution is 8.00. The Balaban J connectivity index is 1.79. The summed E-state index contributed by atoms with van der Waals surface area (Å²) in [6, 6.07) is 9.55. The van der Waals surface area contributed by atoms with Crippen LogP contribution in [0.3, 0.4) is 0 Å². The van der Waals surface area contributed by atoms with Crippen LogP contribution < -0.4 is 4.90 Å². The van der Waals surface area contributed by atoms with E-state index in [4.69, 9.17) is 5.10 Å². The molecule has 5 rings (SSSR count). The second-order valence-corrected chi connectivity index (χ2v) is 12.6. The first-order valence-corrected chi connectivity index (χ1v) is 14.4. The molecule has 3 heterocycles. The van der Waals surface area contributed by atoms with Gasteiger partial charge in [0.25, 0.3) is 0 Å². The number of aromatic nitrogens is 2. The first-order chi connectivity index (χ1) is 18.5. The van der Waals surface area contributed by atoms with Gasteiger partial charge in [-0.3, -0.25) is 14.5 Å². The number of hydrogen-bond acceptors (Lipinski definition) is 4. The molecule has 206 valence electrons. The second-order valence-electron chi connectivity index (χ2n) is 11.5. The highest BCUT2D eigenvalue weighted by atomic mass is 32.2. The van der Waals surface area contributed by atoms with Gasteiger partial charge in [0, 0.05) is 35.7 Å². The van der Waals surface area contributed by atoms with Crippen LogP contribution in [0.4, 0.5) is 14.6 Å². The number of aryl methyl sites for hydroxylation is 2. The Labute approximate surface area is 232 Å². The fraction of sp³-hybridized carbons (Fsp3) is 0.433. The molecule has 0 aliphatic carbocycles. The molecule has 2 aromatic carbocycles. The molecule has 9 heteroatoms. The van der Waals surface area contributed by atoms with Gasteiger partial charge in [-0.15, -0.1) is 11.8 Å². The van der Waals surface area contributed by atoms with E-state index in [0.717, 1.165) is 35.7 Å². The van der Waals surface area contributed by atoms with Crippen molar-refractivity contribution in [1.82, 2.24) is 14.7 Å².